The number of nitriles is 2. The normalized spacial score (nSPS) is 16.1. The van der Waals surface area contributed by atoms with Gasteiger partial charge in [-0.3, -0.25) is 0 Å². The molecule has 15 heteroatoms. The number of aromatic nitrogens is 4. The van der Waals surface area contributed by atoms with Crippen LogP contribution >= 0.6 is 11.6 Å². The Morgan fingerprint density at radius 3 is 2.62 bits per heavy atom. The minimum Gasteiger partial charge on any atom is -0.497 e. The summed E-state index contributed by atoms with van der Waals surface area (Å²) < 4.78 is 6.68. The van der Waals surface area contributed by atoms with Gasteiger partial charge in [-0.1, -0.05) is 23.7 Å². The highest BCUT2D eigenvalue weighted by Gasteiger charge is 2.34. The molecule has 2 aromatic carbocycles. The van der Waals surface area contributed by atoms with Crippen molar-refractivity contribution in [2.45, 2.75) is 32.0 Å². The lowest BCUT2D eigenvalue weighted by molar-refractivity contribution is 0.0497. The highest BCUT2D eigenvalue weighted by molar-refractivity contribution is 6.36. The molecule has 232 valence electrons. The predicted molar refractivity (Wildman–Crippen MR) is 167 cm³/mol. The van der Waals surface area contributed by atoms with Crippen LogP contribution in [0.2, 0.25) is 5.02 Å². The van der Waals surface area contributed by atoms with E-state index in [9.17, 15) is 25.5 Å². The van der Waals surface area contributed by atoms with Gasteiger partial charge in [-0.25, -0.2) is 9.78 Å². The largest absolute Gasteiger partial charge is 0.497 e. The van der Waals surface area contributed by atoms with Crippen molar-refractivity contribution in [3.63, 3.8) is 0 Å². The number of carboxylic acid groups (broad SMARTS) is 1. The van der Waals surface area contributed by atoms with Gasteiger partial charge in [0, 0.05) is 33.2 Å². The van der Waals surface area contributed by atoms with Gasteiger partial charge in [-0.05, 0) is 43.2 Å². The number of hydrogen-bond acceptors (Lipinski definition) is 11. The Morgan fingerprint density at radius 2 is 2.00 bits per heavy atom. The molecular weight excluding hydrogens is 600 g/mol. The van der Waals surface area contributed by atoms with Crippen LogP contribution in [0.3, 0.4) is 0 Å². The number of rotatable bonds is 9. The van der Waals surface area contributed by atoms with E-state index in [0.717, 1.165) is 16.2 Å². The van der Waals surface area contributed by atoms with E-state index < -0.39 is 18.2 Å². The standard InChI is InChI=1S/C30H31ClN10O4/c1-4-39(16-18-5-7-21(45-3)8-6-18)28-27-34-15-20(14-33)41(27)37-29(36-28)35-22-11-19(13-32)12-24(26(22)31)40-10-9-23(25(42)17-40)38(2)30(43)44/h5-8,11-12,15,23,25,42H,4,9-10,16-17H2,1-3H3,(H,35,37)(H,43,44)/t23-,25-/m1/s1. The molecular formula is C30H31ClN10O4. The van der Waals surface area contributed by atoms with Crippen LogP contribution in [-0.4, -0.2) is 86.7 Å². The summed E-state index contributed by atoms with van der Waals surface area (Å²) in [4.78, 5) is 25.6. The fraction of sp³-hybridized carbons (Fsp3) is 0.333. The molecule has 1 saturated heterocycles. The number of hydrogen-bond donors (Lipinski definition) is 3. The smallest absolute Gasteiger partial charge is 0.407 e. The first kappa shape index (κ1) is 31.1. The summed E-state index contributed by atoms with van der Waals surface area (Å²) in [6.45, 7) is 3.55. The van der Waals surface area contributed by atoms with E-state index in [-0.39, 0.29) is 23.2 Å². The molecule has 2 aromatic heterocycles. The number of methoxy groups -OCH3 is 1. The SMILES string of the molecule is CCN(Cc1ccc(OC)cc1)c1nc(Nc2cc(C#N)cc(N3CC[C@@H](N(C)C(=O)O)[C@H](O)C3)c2Cl)nn2c(C#N)cnc12. The molecule has 3 heterocycles. The van der Waals surface area contributed by atoms with Crippen molar-refractivity contribution >= 4 is 46.5 Å². The van der Waals surface area contributed by atoms with E-state index in [4.69, 9.17) is 21.3 Å². The number of nitrogens with zero attached hydrogens (tertiary/aromatic N) is 9. The van der Waals surface area contributed by atoms with Crippen LogP contribution < -0.4 is 19.9 Å². The first-order chi connectivity index (χ1) is 21.7. The monoisotopic (exact) mass is 630 g/mol. The second-order valence-electron chi connectivity index (χ2n) is 10.5. The number of halogens is 1. The second kappa shape index (κ2) is 13.1. The third-order valence-electron chi connectivity index (χ3n) is 7.79. The van der Waals surface area contributed by atoms with Gasteiger partial charge in [0.05, 0.1) is 53.5 Å². The van der Waals surface area contributed by atoms with Gasteiger partial charge < -0.3 is 35.0 Å². The average molecular weight is 631 g/mol. The van der Waals surface area contributed by atoms with E-state index >= 15 is 0 Å². The first-order valence-corrected chi connectivity index (χ1v) is 14.5. The third kappa shape index (κ3) is 6.33. The number of aliphatic hydroxyl groups is 1. The quantitative estimate of drug-likeness (QED) is 0.243. The van der Waals surface area contributed by atoms with Crippen LogP contribution in [-0.2, 0) is 6.54 Å². The summed E-state index contributed by atoms with van der Waals surface area (Å²) in [5.74, 6) is 1.34. The summed E-state index contributed by atoms with van der Waals surface area (Å²) in [6, 6.07) is 14.5. The minimum absolute atomic E-state index is 0.111. The van der Waals surface area contributed by atoms with Crippen molar-refractivity contribution in [3.05, 3.63) is 64.4 Å². The summed E-state index contributed by atoms with van der Waals surface area (Å²) in [5, 5.41) is 47.6. The second-order valence-corrected chi connectivity index (χ2v) is 10.8. The molecule has 45 heavy (non-hydrogen) atoms. The Hall–Kier alpha value is -5.31. The van der Waals surface area contributed by atoms with E-state index in [1.807, 2.05) is 41.0 Å². The number of β-amino-alcohol motifs (C(OH)–C–C–N with tert-alkyl or cyclic N) is 1. The maximum absolute atomic E-state index is 11.4. The topological polar surface area (TPSA) is 179 Å². The predicted octanol–water partition coefficient (Wildman–Crippen LogP) is 3.85. The number of nitrogens with one attached hydrogen (secondary N) is 1. The number of carbonyl (C=O) groups is 1. The number of likely N-dealkylation sites (N-methyl/N-ethyl adjacent to an activating group) is 1. The molecule has 0 unspecified atom stereocenters. The van der Waals surface area contributed by atoms with Crippen LogP contribution in [0.25, 0.3) is 5.65 Å². The lowest BCUT2D eigenvalue weighted by Crippen LogP contribution is -2.54. The Bertz CT molecular complexity index is 1800. The molecule has 0 spiro atoms. The number of benzene rings is 2. The third-order valence-corrected chi connectivity index (χ3v) is 8.19. The van der Waals surface area contributed by atoms with Crippen molar-refractivity contribution in [2.75, 3.05) is 48.9 Å². The molecule has 3 N–H and O–H groups in total. The Balaban J connectivity index is 1.50. The summed E-state index contributed by atoms with van der Waals surface area (Å²) in [5.41, 5.74) is 2.74. The minimum atomic E-state index is -1.12. The van der Waals surface area contributed by atoms with Crippen molar-refractivity contribution in [1.82, 2.24) is 24.5 Å². The molecule has 1 fully saturated rings. The molecule has 0 saturated carbocycles. The van der Waals surface area contributed by atoms with Gasteiger partial charge in [0.15, 0.2) is 17.2 Å². The van der Waals surface area contributed by atoms with Gasteiger partial charge in [-0.2, -0.15) is 20.0 Å². The van der Waals surface area contributed by atoms with E-state index in [1.54, 1.807) is 19.2 Å². The van der Waals surface area contributed by atoms with Crippen LogP contribution in [0.4, 0.5) is 27.9 Å². The Labute approximate surface area is 264 Å². The summed E-state index contributed by atoms with van der Waals surface area (Å²) in [6.07, 6.45) is -0.302. The zero-order valence-electron chi connectivity index (χ0n) is 24.8. The average Bonchev–Trinajstić information content (AvgIpc) is 3.47. The molecule has 0 aliphatic carbocycles. The summed E-state index contributed by atoms with van der Waals surface area (Å²) in [7, 11) is 3.04. The zero-order chi connectivity index (χ0) is 32.2. The van der Waals surface area contributed by atoms with Crippen molar-refractivity contribution in [1.29, 1.82) is 10.5 Å². The Kier molecular flexibility index (Phi) is 9.08. The molecule has 0 radical (unpaired) electrons. The maximum atomic E-state index is 11.4. The lowest BCUT2D eigenvalue weighted by Gasteiger charge is -2.40. The number of anilines is 4. The van der Waals surface area contributed by atoms with Crippen molar-refractivity contribution in [3.8, 4) is 17.9 Å². The Morgan fingerprint density at radius 1 is 1.24 bits per heavy atom. The number of ether oxygens (including phenoxy) is 1. The van der Waals surface area contributed by atoms with Crippen LogP contribution in [0.1, 0.15) is 30.2 Å². The van der Waals surface area contributed by atoms with Gasteiger partial charge in [-0.15, -0.1) is 5.10 Å². The number of amides is 1. The number of aliphatic hydroxyl groups excluding tert-OH is 1. The highest BCUT2D eigenvalue weighted by atomic mass is 35.5. The fourth-order valence-corrected chi connectivity index (χ4v) is 5.62. The zero-order valence-corrected chi connectivity index (χ0v) is 25.6. The molecule has 14 nitrogen and oxygen atoms in total. The molecule has 1 amide bonds. The molecule has 5 rings (SSSR count). The molecule has 2 atom stereocenters. The van der Waals surface area contributed by atoms with Crippen molar-refractivity contribution in [2.24, 2.45) is 0 Å². The van der Waals surface area contributed by atoms with Gasteiger partial charge >= 0.3 is 6.09 Å². The van der Waals surface area contributed by atoms with Gasteiger partial charge in [0.25, 0.3) is 0 Å². The van der Waals surface area contributed by atoms with E-state index in [1.165, 1.54) is 17.8 Å². The lowest BCUT2D eigenvalue weighted by atomic mass is 9.99. The molecule has 4 aromatic rings. The fourth-order valence-electron chi connectivity index (χ4n) is 5.34. The van der Waals surface area contributed by atoms with Crippen LogP contribution in [0.5, 0.6) is 5.75 Å². The van der Waals surface area contributed by atoms with Crippen LogP contribution in [0.15, 0.2) is 42.6 Å². The van der Waals surface area contributed by atoms with Crippen molar-refractivity contribution < 1.29 is 19.7 Å². The molecule has 1 aliphatic rings. The van der Waals surface area contributed by atoms with Gasteiger partial charge in [0.2, 0.25) is 5.95 Å². The van der Waals surface area contributed by atoms with Crippen LogP contribution in [0, 0.1) is 22.7 Å². The highest BCUT2D eigenvalue weighted by Crippen LogP contribution is 2.37. The van der Waals surface area contributed by atoms with E-state index in [0.29, 0.717) is 54.5 Å². The number of fused-ring (bicyclic) bond motifs is 1. The molecule has 1 aliphatic heterocycles. The molecule has 0 bridgehead atoms. The number of imidazole rings is 1. The number of piperidine rings is 1. The van der Waals surface area contributed by atoms with E-state index in [2.05, 4.69) is 27.5 Å². The van der Waals surface area contributed by atoms with Gasteiger partial charge in [0.1, 0.15) is 11.8 Å². The maximum Gasteiger partial charge on any atom is 0.407 e. The first-order valence-electron chi connectivity index (χ1n) is 14.1. The summed E-state index contributed by atoms with van der Waals surface area (Å²) >= 11 is 6.89.